The summed E-state index contributed by atoms with van der Waals surface area (Å²) in [6.07, 6.45) is 0. The standard InChI is InChI=1S/C18H19BrClN5O2/c1-3-25-18(22-23-24-25)21-10-14-15(19)8-9-16(26-2)17(14)27-11-12-4-6-13(20)7-5-12/h4-9H,3,10-11H2,1-2H3,(H,21,22,24). The van der Waals surface area contributed by atoms with Crippen LogP contribution in [0.15, 0.2) is 40.9 Å². The quantitative estimate of drug-likeness (QED) is 0.549. The summed E-state index contributed by atoms with van der Waals surface area (Å²) in [6.45, 7) is 3.51. The molecule has 1 heterocycles. The van der Waals surface area contributed by atoms with Crippen LogP contribution in [0.3, 0.4) is 0 Å². The molecule has 0 aliphatic heterocycles. The van der Waals surface area contributed by atoms with Crippen molar-refractivity contribution in [1.29, 1.82) is 0 Å². The van der Waals surface area contributed by atoms with Crippen LogP contribution < -0.4 is 14.8 Å². The number of halogens is 2. The molecule has 2 aromatic carbocycles. The number of hydrogen-bond donors (Lipinski definition) is 1. The molecule has 3 rings (SSSR count). The third-order valence-electron chi connectivity index (χ3n) is 3.94. The van der Waals surface area contributed by atoms with Crippen molar-refractivity contribution < 1.29 is 9.47 Å². The van der Waals surface area contributed by atoms with Gasteiger partial charge in [0, 0.05) is 28.1 Å². The van der Waals surface area contributed by atoms with Gasteiger partial charge in [0.15, 0.2) is 11.5 Å². The number of nitrogens with one attached hydrogen (secondary N) is 1. The normalized spacial score (nSPS) is 10.7. The number of tetrazole rings is 1. The molecule has 0 unspecified atom stereocenters. The number of nitrogens with zero attached hydrogens (tertiary/aromatic N) is 4. The summed E-state index contributed by atoms with van der Waals surface area (Å²) in [4.78, 5) is 0. The van der Waals surface area contributed by atoms with Crippen LogP contribution in [0.25, 0.3) is 0 Å². The number of anilines is 1. The Hall–Kier alpha value is -2.32. The van der Waals surface area contributed by atoms with Gasteiger partial charge in [-0.2, -0.15) is 0 Å². The second-order valence-corrected chi connectivity index (χ2v) is 6.94. The Labute approximate surface area is 170 Å². The fourth-order valence-corrected chi connectivity index (χ4v) is 3.09. The largest absolute Gasteiger partial charge is 0.493 e. The second kappa shape index (κ2) is 9.05. The Kier molecular flexibility index (Phi) is 6.52. The van der Waals surface area contributed by atoms with Gasteiger partial charge in [-0.05, 0) is 47.2 Å². The maximum Gasteiger partial charge on any atom is 0.243 e. The van der Waals surface area contributed by atoms with Crippen molar-refractivity contribution in [2.24, 2.45) is 0 Å². The Balaban J connectivity index is 1.82. The molecule has 3 aromatic rings. The summed E-state index contributed by atoms with van der Waals surface area (Å²) in [7, 11) is 1.62. The fraction of sp³-hybridized carbons (Fsp3) is 0.278. The fourth-order valence-electron chi connectivity index (χ4n) is 2.51. The maximum absolute atomic E-state index is 6.10. The topological polar surface area (TPSA) is 74.1 Å². The van der Waals surface area contributed by atoms with E-state index in [-0.39, 0.29) is 0 Å². The third kappa shape index (κ3) is 4.70. The lowest BCUT2D eigenvalue weighted by Gasteiger charge is -2.17. The van der Waals surface area contributed by atoms with E-state index in [1.165, 1.54) is 0 Å². The van der Waals surface area contributed by atoms with Crippen LogP contribution in [0.4, 0.5) is 5.95 Å². The molecule has 0 saturated heterocycles. The number of benzene rings is 2. The highest BCUT2D eigenvalue weighted by molar-refractivity contribution is 9.10. The smallest absolute Gasteiger partial charge is 0.243 e. The molecule has 0 amide bonds. The van der Waals surface area contributed by atoms with E-state index in [0.717, 1.165) is 15.6 Å². The lowest BCUT2D eigenvalue weighted by Crippen LogP contribution is -2.10. The van der Waals surface area contributed by atoms with Crippen molar-refractivity contribution in [3.8, 4) is 11.5 Å². The van der Waals surface area contributed by atoms with Gasteiger partial charge >= 0.3 is 0 Å². The van der Waals surface area contributed by atoms with Crippen molar-refractivity contribution in [3.63, 3.8) is 0 Å². The molecule has 27 heavy (non-hydrogen) atoms. The van der Waals surface area contributed by atoms with Crippen molar-refractivity contribution in [1.82, 2.24) is 20.2 Å². The highest BCUT2D eigenvalue weighted by Gasteiger charge is 2.16. The molecule has 0 saturated carbocycles. The van der Waals surface area contributed by atoms with Crippen molar-refractivity contribution >= 4 is 33.5 Å². The minimum absolute atomic E-state index is 0.393. The van der Waals surface area contributed by atoms with E-state index >= 15 is 0 Å². The van der Waals surface area contributed by atoms with E-state index in [1.807, 2.05) is 43.3 Å². The van der Waals surface area contributed by atoms with Gasteiger partial charge in [0.1, 0.15) is 6.61 Å². The molecule has 0 fully saturated rings. The monoisotopic (exact) mass is 451 g/mol. The molecule has 1 aromatic heterocycles. The highest BCUT2D eigenvalue weighted by Crippen LogP contribution is 2.37. The van der Waals surface area contributed by atoms with Crippen LogP contribution in [0.1, 0.15) is 18.1 Å². The van der Waals surface area contributed by atoms with Gasteiger partial charge in [-0.3, -0.25) is 0 Å². The predicted octanol–water partition coefficient (Wildman–Crippen LogP) is 4.31. The van der Waals surface area contributed by atoms with Gasteiger partial charge < -0.3 is 14.8 Å². The molecule has 1 N–H and O–H groups in total. The zero-order valence-corrected chi connectivity index (χ0v) is 17.3. The van der Waals surface area contributed by atoms with Gasteiger partial charge in [-0.25, -0.2) is 4.68 Å². The van der Waals surface area contributed by atoms with E-state index in [0.29, 0.717) is 42.2 Å². The molecule has 0 spiro atoms. The van der Waals surface area contributed by atoms with Gasteiger partial charge in [0.2, 0.25) is 5.95 Å². The Morgan fingerprint density at radius 1 is 1.19 bits per heavy atom. The van der Waals surface area contributed by atoms with Crippen LogP contribution in [0, 0.1) is 0 Å². The number of methoxy groups -OCH3 is 1. The minimum Gasteiger partial charge on any atom is -0.493 e. The summed E-state index contributed by atoms with van der Waals surface area (Å²) >= 11 is 9.54. The van der Waals surface area contributed by atoms with Gasteiger partial charge in [0.05, 0.1) is 7.11 Å². The first-order valence-corrected chi connectivity index (χ1v) is 9.52. The highest BCUT2D eigenvalue weighted by atomic mass is 79.9. The summed E-state index contributed by atoms with van der Waals surface area (Å²) in [5, 5.41) is 15.5. The number of hydrogen-bond acceptors (Lipinski definition) is 6. The number of aromatic nitrogens is 4. The van der Waals surface area contributed by atoms with Crippen molar-refractivity contribution in [2.75, 3.05) is 12.4 Å². The van der Waals surface area contributed by atoms with Crippen LogP contribution >= 0.6 is 27.5 Å². The van der Waals surface area contributed by atoms with Crippen molar-refractivity contribution in [2.45, 2.75) is 26.6 Å². The molecule has 9 heteroatoms. The Morgan fingerprint density at radius 3 is 2.67 bits per heavy atom. The maximum atomic E-state index is 6.10. The van der Waals surface area contributed by atoms with Crippen LogP contribution in [-0.2, 0) is 19.7 Å². The second-order valence-electron chi connectivity index (χ2n) is 5.64. The number of aryl methyl sites for hydroxylation is 1. The van der Waals surface area contributed by atoms with E-state index in [1.54, 1.807) is 11.8 Å². The first kappa shape index (κ1) is 19.4. The average molecular weight is 453 g/mol. The molecule has 0 atom stereocenters. The zero-order valence-electron chi connectivity index (χ0n) is 14.9. The van der Waals surface area contributed by atoms with Gasteiger partial charge in [-0.15, -0.1) is 0 Å². The summed E-state index contributed by atoms with van der Waals surface area (Å²) in [5.41, 5.74) is 1.92. The SMILES string of the molecule is CCn1nnnc1NCc1c(Br)ccc(OC)c1OCc1ccc(Cl)cc1. The van der Waals surface area contributed by atoms with Crippen LogP contribution in [0.5, 0.6) is 11.5 Å². The molecule has 0 aliphatic rings. The van der Waals surface area contributed by atoms with Crippen molar-refractivity contribution in [3.05, 3.63) is 57.0 Å². The number of rotatable bonds is 8. The average Bonchev–Trinajstić information content (AvgIpc) is 3.14. The van der Waals surface area contributed by atoms with Crippen LogP contribution in [-0.4, -0.2) is 27.3 Å². The molecule has 0 bridgehead atoms. The Bertz CT molecular complexity index is 901. The first-order chi connectivity index (χ1) is 13.1. The molecule has 142 valence electrons. The number of ether oxygens (including phenoxy) is 2. The Morgan fingerprint density at radius 2 is 1.96 bits per heavy atom. The summed E-state index contributed by atoms with van der Waals surface area (Å²) in [5.74, 6) is 1.90. The van der Waals surface area contributed by atoms with E-state index < -0.39 is 0 Å². The first-order valence-electron chi connectivity index (χ1n) is 8.35. The molecule has 0 radical (unpaired) electrons. The lowest BCUT2D eigenvalue weighted by atomic mass is 10.1. The van der Waals surface area contributed by atoms with Gasteiger partial charge in [0.25, 0.3) is 0 Å². The molecular formula is C18H19BrClN5O2. The summed E-state index contributed by atoms with van der Waals surface area (Å²) in [6, 6.07) is 11.3. The molecular weight excluding hydrogens is 434 g/mol. The van der Waals surface area contributed by atoms with E-state index in [4.69, 9.17) is 21.1 Å². The lowest BCUT2D eigenvalue weighted by molar-refractivity contribution is 0.281. The predicted molar refractivity (Wildman–Crippen MR) is 107 cm³/mol. The van der Waals surface area contributed by atoms with Crippen LogP contribution in [0.2, 0.25) is 5.02 Å². The minimum atomic E-state index is 0.393. The van der Waals surface area contributed by atoms with E-state index in [9.17, 15) is 0 Å². The van der Waals surface area contributed by atoms with E-state index in [2.05, 4.69) is 36.8 Å². The zero-order chi connectivity index (χ0) is 19.2. The molecule has 7 nitrogen and oxygen atoms in total. The third-order valence-corrected chi connectivity index (χ3v) is 4.93. The van der Waals surface area contributed by atoms with Gasteiger partial charge in [-0.1, -0.05) is 44.8 Å². The molecule has 0 aliphatic carbocycles. The summed E-state index contributed by atoms with van der Waals surface area (Å²) < 4.78 is 14.2.